The second-order valence-corrected chi connectivity index (χ2v) is 5.63. The lowest BCUT2D eigenvalue weighted by atomic mass is 10.2. The summed E-state index contributed by atoms with van der Waals surface area (Å²) in [4.78, 5) is 6.51. The second-order valence-electron chi connectivity index (χ2n) is 5.63. The highest BCUT2D eigenvalue weighted by atomic mass is 127. The van der Waals surface area contributed by atoms with E-state index in [1.807, 2.05) is 6.07 Å². The van der Waals surface area contributed by atoms with E-state index in [2.05, 4.69) is 58.8 Å². The molecule has 1 aromatic rings. The van der Waals surface area contributed by atoms with Crippen LogP contribution in [0.3, 0.4) is 0 Å². The summed E-state index contributed by atoms with van der Waals surface area (Å²) in [6.07, 6.45) is 0.934. The fraction of sp³-hybridized carbons (Fsp3) is 0.611. The molecule has 144 valence electrons. The number of hydrogen-bond donors (Lipinski definition) is 2. The van der Waals surface area contributed by atoms with Crippen LogP contribution in [0.4, 0.5) is 5.69 Å². The van der Waals surface area contributed by atoms with Gasteiger partial charge in [0.05, 0.1) is 13.2 Å². The van der Waals surface area contributed by atoms with Crippen LogP contribution < -0.4 is 15.5 Å². The maximum Gasteiger partial charge on any atom is 0.191 e. The maximum absolute atomic E-state index is 5.44. The van der Waals surface area contributed by atoms with Gasteiger partial charge in [0.25, 0.3) is 0 Å². The van der Waals surface area contributed by atoms with Gasteiger partial charge >= 0.3 is 0 Å². The number of hydrogen-bond acceptors (Lipinski definition) is 4. The van der Waals surface area contributed by atoms with E-state index in [4.69, 9.17) is 9.47 Å². The Hall–Kier alpha value is -1.06. The minimum absolute atomic E-state index is 0. The lowest BCUT2D eigenvalue weighted by molar-refractivity contribution is 0.0698. The van der Waals surface area contributed by atoms with Crippen LogP contribution in [-0.4, -0.2) is 66.1 Å². The first-order chi connectivity index (χ1) is 11.7. The molecule has 2 N–H and O–H groups in total. The Morgan fingerprint density at radius 1 is 1.16 bits per heavy atom. The predicted molar refractivity (Wildman–Crippen MR) is 116 cm³/mol. The Labute approximate surface area is 169 Å². The highest BCUT2D eigenvalue weighted by Crippen LogP contribution is 2.13. The second kappa shape index (κ2) is 15.2. The maximum atomic E-state index is 5.44. The molecule has 0 spiro atoms. The van der Waals surface area contributed by atoms with Gasteiger partial charge in [0, 0.05) is 52.6 Å². The number of nitrogens with one attached hydrogen (secondary N) is 2. The summed E-state index contributed by atoms with van der Waals surface area (Å²) < 4.78 is 10.4. The number of ether oxygens (including phenoxy) is 2. The van der Waals surface area contributed by atoms with Crippen LogP contribution >= 0.6 is 24.0 Å². The van der Waals surface area contributed by atoms with Crippen molar-refractivity contribution in [2.75, 3.05) is 59.0 Å². The number of aliphatic imine (C=N–C) groups is 1. The molecular formula is C18H33IN4O2. The van der Waals surface area contributed by atoms with E-state index < -0.39 is 0 Å². The first-order valence-electron chi connectivity index (χ1n) is 8.48. The van der Waals surface area contributed by atoms with E-state index >= 15 is 0 Å². The Bertz CT molecular complexity index is 460. The number of guanidine groups is 1. The van der Waals surface area contributed by atoms with E-state index in [-0.39, 0.29) is 24.0 Å². The normalized spacial score (nSPS) is 12.2. The van der Waals surface area contributed by atoms with Crippen molar-refractivity contribution < 1.29 is 9.47 Å². The molecule has 0 aromatic heterocycles. The molecule has 0 fully saturated rings. The van der Waals surface area contributed by atoms with Crippen molar-refractivity contribution in [2.24, 2.45) is 4.99 Å². The molecule has 7 heteroatoms. The molecule has 0 aliphatic heterocycles. The SMILES string of the molecule is CN=C(NCCCOCCOC)NCC(C)N(C)c1ccccc1.I. The van der Waals surface area contributed by atoms with Gasteiger partial charge in [0.15, 0.2) is 5.96 Å². The molecule has 0 radical (unpaired) electrons. The Morgan fingerprint density at radius 3 is 2.52 bits per heavy atom. The zero-order valence-corrected chi connectivity index (χ0v) is 18.2. The zero-order chi connectivity index (χ0) is 17.6. The van der Waals surface area contributed by atoms with Crippen LogP contribution in [-0.2, 0) is 9.47 Å². The molecule has 0 saturated carbocycles. The van der Waals surface area contributed by atoms with Crippen LogP contribution in [0.1, 0.15) is 13.3 Å². The van der Waals surface area contributed by atoms with Gasteiger partial charge < -0.3 is 25.0 Å². The van der Waals surface area contributed by atoms with Crippen molar-refractivity contribution in [3.8, 4) is 0 Å². The number of halogens is 1. The van der Waals surface area contributed by atoms with Gasteiger partial charge in [0.1, 0.15) is 0 Å². The quantitative estimate of drug-likeness (QED) is 0.228. The summed E-state index contributed by atoms with van der Waals surface area (Å²) >= 11 is 0. The molecule has 6 nitrogen and oxygen atoms in total. The fourth-order valence-electron chi connectivity index (χ4n) is 2.14. The smallest absolute Gasteiger partial charge is 0.191 e. The van der Waals surface area contributed by atoms with Gasteiger partial charge in [-0.25, -0.2) is 0 Å². The predicted octanol–water partition coefficient (Wildman–Crippen LogP) is 2.35. The highest BCUT2D eigenvalue weighted by Gasteiger charge is 2.10. The average molecular weight is 464 g/mol. The minimum atomic E-state index is 0. The van der Waals surface area contributed by atoms with E-state index in [0.717, 1.165) is 32.1 Å². The Morgan fingerprint density at radius 2 is 1.88 bits per heavy atom. The summed E-state index contributed by atoms with van der Waals surface area (Å²) in [5.74, 6) is 0.820. The zero-order valence-electron chi connectivity index (χ0n) is 15.8. The topological polar surface area (TPSA) is 58.1 Å². The van der Waals surface area contributed by atoms with Crippen molar-refractivity contribution in [1.29, 1.82) is 0 Å². The molecule has 0 saturated heterocycles. The summed E-state index contributed by atoms with van der Waals surface area (Å²) in [5.41, 5.74) is 1.21. The van der Waals surface area contributed by atoms with Crippen LogP contribution in [0, 0.1) is 0 Å². The van der Waals surface area contributed by atoms with E-state index in [9.17, 15) is 0 Å². The van der Waals surface area contributed by atoms with Gasteiger partial charge in [-0.3, -0.25) is 4.99 Å². The standard InChI is InChI=1S/C18H32N4O2.HI/c1-16(22(3)17-9-6-5-7-10-17)15-21-18(19-2)20-11-8-12-24-14-13-23-4;/h5-7,9-10,16H,8,11-15H2,1-4H3,(H2,19,20,21);1H. The number of anilines is 1. The van der Waals surface area contributed by atoms with Gasteiger partial charge in [-0.2, -0.15) is 0 Å². The summed E-state index contributed by atoms with van der Waals surface area (Å²) in [5, 5.41) is 6.67. The number of methoxy groups -OCH3 is 1. The lowest BCUT2D eigenvalue weighted by Crippen LogP contribution is -2.45. The third-order valence-electron chi connectivity index (χ3n) is 3.80. The van der Waals surface area contributed by atoms with Crippen LogP contribution in [0.15, 0.2) is 35.3 Å². The molecule has 25 heavy (non-hydrogen) atoms. The van der Waals surface area contributed by atoms with Crippen molar-refractivity contribution in [2.45, 2.75) is 19.4 Å². The largest absolute Gasteiger partial charge is 0.382 e. The van der Waals surface area contributed by atoms with Crippen molar-refractivity contribution >= 4 is 35.6 Å². The highest BCUT2D eigenvalue weighted by molar-refractivity contribution is 14.0. The summed E-state index contributed by atoms with van der Waals surface area (Å²) in [6, 6.07) is 10.7. The Balaban J connectivity index is 0.00000576. The van der Waals surface area contributed by atoms with Crippen molar-refractivity contribution in [1.82, 2.24) is 10.6 Å². The van der Waals surface area contributed by atoms with Gasteiger partial charge in [0.2, 0.25) is 0 Å². The number of benzene rings is 1. The molecule has 0 bridgehead atoms. The molecule has 1 atom stereocenters. The van der Waals surface area contributed by atoms with Crippen LogP contribution in [0.2, 0.25) is 0 Å². The third-order valence-corrected chi connectivity index (χ3v) is 3.80. The molecule has 0 heterocycles. The van der Waals surface area contributed by atoms with E-state index in [1.165, 1.54) is 5.69 Å². The fourth-order valence-corrected chi connectivity index (χ4v) is 2.14. The van der Waals surface area contributed by atoms with Crippen LogP contribution in [0.25, 0.3) is 0 Å². The van der Waals surface area contributed by atoms with Gasteiger partial charge in [-0.1, -0.05) is 18.2 Å². The summed E-state index contributed by atoms with van der Waals surface area (Å²) in [6.45, 7) is 5.85. The first-order valence-corrected chi connectivity index (χ1v) is 8.48. The lowest BCUT2D eigenvalue weighted by Gasteiger charge is -2.27. The average Bonchev–Trinajstić information content (AvgIpc) is 2.63. The summed E-state index contributed by atoms with van der Waals surface area (Å²) in [7, 11) is 5.57. The van der Waals surface area contributed by atoms with E-state index in [1.54, 1.807) is 14.2 Å². The molecule has 1 unspecified atom stereocenters. The molecule has 0 aliphatic rings. The Kier molecular flexibility index (Phi) is 14.6. The van der Waals surface area contributed by atoms with Gasteiger partial charge in [-0.15, -0.1) is 24.0 Å². The van der Waals surface area contributed by atoms with Crippen LogP contribution in [0.5, 0.6) is 0 Å². The number of nitrogens with zero attached hydrogens (tertiary/aromatic N) is 2. The van der Waals surface area contributed by atoms with Gasteiger partial charge in [-0.05, 0) is 25.5 Å². The van der Waals surface area contributed by atoms with E-state index in [0.29, 0.717) is 19.3 Å². The molecule has 0 aliphatic carbocycles. The monoisotopic (exact) mass is 464 g/mol. The molecular weight excluding hydrogens is 431 g/mol. The number of para-hydroxylation sites is 1. The first kappa shape index (κ1) is 23.9. The molecule has 1 rings (SSSR count). The third kappa shape index (κ3) is 10.5. The van der Waals surface area contributed by atoms with Crippen molar-refractivity contribution in [3.63, 3.8) is 0 Å². The van der Waals surface area contributed by atoms with Crippen molar-refractivity contribution in [3.05, 3.63) is 30.3 Å². The minimum Gasteiger partial charge on any atom is -0.382 e. The number of likely N-dealkylation sites (N-methyl/N-ethyl adjacent to an activating group) is 1. The molecule has 0 amide bonds. The number of rotatable bonds is 11. The molecule has 1 aromatic carbocycles.